The maximum Gasteiger partial charge on any atom is 0.242 e. The highest BCUT2D eigenvalue weighted by Crippen LogP contribution is 2.37. The zero-order valence-electron chi connectivity index (χ0n) is 17.7. The Morgan fingerprint density at radius 1 is 1.09 bits per heavy atom. The molecule has 0 amide bonds. The number of hydrogen-bond acceptors (Lipinski definition) is 10. The molecular formula is C19H21N9O4S2. The van der Waals surface area contributed by atoms with E-state index in [9.17, 15) is 16.8 Å². The summed E-state index contributed by atoms with van der Waals surface area (Å²) in [5.74, 6) is 0.126. The standard InChI is InChI=1S/C19H21N9O4S2/c20-19-25-13-3-1-2-12(16(13)26-19)11-4-5-14(34(31,32)28-10-6-7-22-8-10)17(33(21,29)30)15(11)18-23-9-24-27-18/h1-5,10,22,28H,6-9H2,(H3,20,25,26)(H2,21,29,30)/t10-/m0/s1. The second kappa shape index (κ2) is 8.21. The van der Waals surface area contributed by atoms with Crippen LogP contribution in [0.2, 0.25) is 0 Å². The first-order valence-corrected chi connectivity index (χ1v) is 13.3. The Morgan fingerprint density at radius 3 is 2.59 bits per heavy atom. The van der Waals surface area contributed by atoms with Gasteiger partial charge >= 0.3 is 0 Å². The fraction of sp³-hybridized carbons (Fsp3) is 0.263. The third-order valence-corrected chi connectivity index (χ3v) is 8.26. The van der Waals surface area contributed by atoms with Crippen LogP contribution in [0.5, 0.6) is 0 Å². The number of para-hydroxylation sites is 1. The summed E-state index contributed by atoms with van der Waals surface area (Å²) in [6.45, 7) is 1.05. The molecule has 2 aliphatic rings. The summed E-state index contributed by atoms with van der Waals surface area (Å²) in [5, 5.41) is 16.4. The number of primary sulfonamides is 1. The van der Waals surface area contributed by atoms with Crippen molar-refractivity contribution in [1.29, 1.82) is 0 Å². The highest BCUT2D eigenvalue weighted by molar-refractivity contribution is 7.92. The Hall–Kier alpha value is -3.24. The molecule has 2 aliphatic heterocycles. The number of H-pyrrole nitrogens is 1. The van der Waals surface area contributed by atoms with Gasteiger partial charge in [-0.2, -0.15) is 5.11 Å². The molecule has 1 fully saturated rings. The van der Waals surface area contributed by atoms with E-state index in [2.05, 4.69) is 35.2 Å². The smallest absolute Gasteiger partial charge is 0.242 e. The number of imidazole rings is 1. The van der Waals surface area contributed by atoms with Crippen LogP contribution in [0.1, 0.15) is 12.0 Å². The summed E-state index contributed by atoms with van der Waals surface area (Å²) in [6.07, 6.45) is 0.568. The minimum Gasteiger partial charge on any atom is -0.369 e. The summed E-state index contributed by atoms with van der Waals surface area (Å²) in [4.78, 5) is 10.3. The topological polar surface area (TPSA) is 210 Å². The number of azo groups is 1. The number of aliphatic imine (C=N–C) groups is 1. The monoisotopic (exact) mass is 503 g/mol. The molecule has 1 atom stereocenters. The van der Waals surface area contributed by atoms with Gasteiger partial charge in [-0.15, -0.1) is 5.11 Å². The predicted molar refractivity (Wildman–Crippen MR) is 125 cm³/mol. The average molecular weight is 504 g/mol. The van der Waals surface area contributed by atoms with E-state index in [-0.39, 0.29) is 30.1 Å². The number of nitrogens with two attached hydrogens (primary N) is 2. The van der Waals surface area contributed by atoms with E-state index in [0.29, 0.717) is 41.7 Å². The van der Waals surface area contributed by atoms with E-state index in [4.69, 9.17) is 10.9 Å². The van der Waals surface area contributed by atoms with Crippen LogP contribution in [0.25, 0.3) is 22.2 Å². The van der Waals surface area contributed by atoms with Gasteiger partial charge in [0.1, 0.15) is 9.79 Å². The molecule has 178 valence electrons. The lowest BCUT2D eigenvalue weighted by Crippen LogP contribution is -2.37. The number of aromatic amines is 1. The zero-order chi connectivity index (χ0) is 24.1. The fourth-order valence-corrected chi connectivity index (χ4v) is 7.04. The number of hydrogen-bond donors (Lipinski definition) is 5. The number of nitrogens with zero attached hydrogens (tertiary/aromatic N) is 4. The largest absolute Gasteiger partial charge is 0.369 e. The minimum absolute atomic E-state index is 0.0264. The lowest BCUT2D eigenvalue weighted by Gasteiger charge is -2.19. The van der Waals surface area contributed by atoms with Gasteiger partial charge < -0.3 is 16.0 Å². The van der Waals surface area contributed by atoms with E-state index in [1.54, 1.807) is 18.2 Å². The van der Waals surface area contributed by atoms with Crippen molar-refractivity contribution in [3.63, 3.8) is 0 Å². The van der Waals surface area contributed by atoms with Crippen molar-refractivity contribution < 1.29 is 16.8 Å². The number of benzene rings is 2. The van der Waals surface area contributed by atoms with Gasteiger partial charge in [-0.25, -0.2) is 36.7 Å². The van der Waals surface area contributed by atoms with E-state index < -0.39 is 29.8 Å². The number of aromatic nitrogens is 2. The Balaban J connectivity index is 1.82. The van der Waals surface area contributed by atoms with Crippen LogP contribution in [0.4, 0.5) is 5.95 Å². The zero-order valence-corrected chi connectivity index (χ0v) is 19.3. The normalized spacial score (nSPS) is 18.6. The molecule has 3 aromatic rings. The first-order chi connectivity index (χ1) is 16.1. The number of nitrogens with one attached hydrogen (secondary N) is 3. The molecule has 34 heavy (non-hydrogen) atoms. The molecule has 2 aromatic carbocycles. The second-order valence-corrected chi connectivity index (χ2v) is 11.0. The van der Waals surface area contributed by atoms with Crippen LogP contribution in [0.15, 0.2) is 55.3 Å². The van der Waals surface area contributed by atoms with Crippen molar-refractivity contribution in [1.82, 2.24) is 20.0 Å². The number of fused-ring (bicyclic) bond motifs is 1. The first-order valence-electron chi connectivity index (χ1n) is 10.2. The van der Waals surface area contributed by atoms with Gasteiger partial charge in [0.15, 0.2) is 18.5 Å². The number of rotatable bonds is 6. The molecule has 0 spiro atoms. The molecule has 0 saturated carbocycles. The molecule has 13 nitrogen and oxygen atoms in total. The molecule has 7 N–H and O–H groups in total. The molecule has 5 rings (SSSR count). The summed E-state index contributed by atoms with van der Waals surface area (Å²) in [7, 11) is -8.83. The highest BCUT2D eigenvalue weighted by Gasteiger charge is 2.34. The Labute approximate surface area is 194 Å². The van der Waals surface area contributed by atoms with Gasteiger partial charge in [0.05, 0.1) is 16.6 Å². The fourth-order valence-electron chi connectivity index (χ4n) is 4.17. The van der Waals surface area contributed by atoms with Gasteiger partial charge in [0, 0.05) is 18.2 Å². The van der Waals surface area contributed by atoms with Gasteiger partial charge in [0.25, 0.3) is 0 Å². The van der Waals surface area contributed by atoms with Crippen molar-refractivity contribution >= 4 is 42.9 Å². The van der Waals surface area contributed by atoms with Gasteiger partial charge in [-0.3, -0.25) is 0 Å². The van der Waals surface area contributed by atoms with Crippen molar-refractivity contribution in [2.24, 2.45) is 20.4 Å². The number of sulfonamides is 2. The molecule has 1 saturated heterocycles. The maximum absolute atomic E-state index is 13.3. The Bertz CT molecular complexity index is 1570. The quantitative estimate of drug-likeness (QED) is 0.316. The van der Waals surface area contributed by atoms with Crippen LogP contribution in [-0.4, -0.2) is 58.4 Å². The lowest BCUT2D eigenvalue weighted by molar-refractivity contribution is 0.555. The van der Waals surface area contributed by atoms with E-state index in [1.165, 1.54) is 12.1 Å². The maximum atomic E-state index is 13.3. The third-order valence-electron chi connectivity index (χ3n) is 5.57. The summed E-state index contributed by atoms with van der Waals surface area (Å²) in [6, 6.07) is 7.51. The van der Waals surface area contributed by atoms with Crippen LogP contribution in [0, 0.1) is 0 Å². The predicted octanol–water partition coefficient (Wildman–Crippen LogP) is 0.270. The Kier molecular flexibility index (Phi) is 5.44. The van der Waals surface area contributed by atoms with Crippen LogP contribution >= 0.6 is 0 Å². The van der Waals surface area contributed by atoms with E-state index in [1.807, 2.05) is 0 Å². The SMILES string of the molecule is Nc1nc2c(-c3ccc(S(=O)(=O)N[C@H]4CCNC4)c(S(N)(=O)=O)c3C3=NCN=N3)cccc2[nH]1. The Morgan fingerprint density at radius 2 is 1.91 bits per heavy atom. The van der Waals surface area contributed by atoms with E-state index in [0.717, 1.165) is 0 Å². The molecule has 0 bridgehead atoms. The highest BCUT2D eigenvalue weighted by atomic mass is 32.2. The van der Waals surface area contributed by atoms with Gasteiger partial charge in [-0.1, -0.05) is 18.2 Å². The number of anilines is 1. The summed E-state index contributed by atoms with van der Waals surface area (Å²) < 4.78 is 54.9. The first kappa shape index (κ1) is 22.5. The van der Waals surface area contributed by atoms with Crippen molar-refractivity contribution in [2.75, 3.05) is 25.5 Å². The number of amidine groups is 1. The molecule has 1 aromatic heterocycles. The van der Waals surface area contributed by atoms with Gasteiger partial charge in [0.2, 0.25) is 20.0 Å². The third kappa shape index (κ3) is 3.97. The van der Waals surface area contributed by atoms with Crippen LogP contribution in [0.3, 0.4) is 0 Å². The summed E-state index contributed by atoms with van der Waals surface area (Å²) in [5.41, 5.74) is 7.65. The second-order valence-electron chi connectivity index (χ2n) is 7.86. The van der Waals surface area contributed by atoms with Crippen molar-refractivity contribution in [3.05, 3.63) is 35.9 Å². The van der Waals surface area contributed by atoms with Crippen LogP contribution < -0.4 is 20.9 Å². The van der Waals surface area contributed by atoms with Crippen molar-refractivity contribution in [3.8, 4) is 11.1 Å². The summed E-state index contributed by atoms with van der Waals surface area (Å²) >= 11 is 0. The number of nitrogen functional groups attached to an aromatic ring is 1. The van der Waals surface area contributed by atoms with Crippen LogP contribution in [-0.2, 0) is 20.0 Å². The molecule has 0 unspecified atom stereocenters. The van der Waals surface area contributed by atoms with Crippen molar-refractivity contribution in [2.45, 2.75) is 22.3 Å². The lowest BCUT2D eigenvalue weighted by atomic mass is 9.97. The van der Waals surface area contributed by atoms with Gasteiger partial charge in [-0.05, 0) is 30.7 Å². The molecular weight excluding hydrogens is 482 g/mol. The molecule has 0 aliphatic carbocycles. The van der Waals surface area contributed by atoms with E-state index >= 15 is 0 Å². The average Bonchev–Trinajstić information content (AvgIpc) is 3.53. The molecule has 0 radical (unpaired) electrons. The molecule has 15 heteroatoms. The molecule has 3 heterocycles. The minimum atomic E-state index is -4.57.